The molecule has 0 saturated carbocycles. The predicted octanol–water partition coefficient (Wildman–Crippen LogP) is 2.99. The molecule has 26 heavy (non-hydrogen) atoms. The van der Waals surface area contributed by atoms with Gasteiger partial charge in [0.2, 0.25) is 10.0 Å². The van der Waals surface area contributed by atoms with Gasteiger partial charge in [0.25, 0.3) is 5.69 Å². The van der Waals surface area contributed by atoms with Crippen LogP contribution in [0.1, 0.15) is 6.92 Å². The van der Waals surface area contributed by atoms with Gasteiger partial charge in [0.1, 0.15) is 11.4 Å². The number of benzene rings is 2. The Labute approximate surface area is 152 Å². The van der Waals surface area contributed by atoms with Crippen molar-refractivity contribution in [1.29, 1.82) is 0 Å². The fourth-order valence-electron chi connectivity index (χ4n) is 2.28. The minimum absolute atomic E-state index is 0.117. The average molecular weight is 394 g/mol. The molecule has 3 rings (SSSR count). The Morgan fingerprint density at radius 1 is 1.31 bits per heavy atom. The molecule has 0 radical (unpaired) electrons. The molecule has 0 unspecified atom stereocenters. The number of fused-ring (bicyclic) bond motifs is 1. The predicted molar refractivity (Wildman–Crippen MR) is 98.5 cm³/mol. The van der Waals surface area contributed by atoms with Crippen molar-refractivity contribution in [2.24, 2.45) is 5.14 Å². The van der Waals surface area contributed by atoms with Crippen molar-refractivity contribution in [2.75, 3.05) is 11.9 Å². The van der Waals surface area contributed by atoms with E-state index in [4.69, 9.17) is 9.88 Å². The summed E-state index contributed by atoms with van der Waals surface area (Å²) in [5.41, 5.74) is 0.419. The van der Waals surface area contributed by atoms with Crippen molar-refractivity contribution >= 4 is 48.1 Å². The molecule has 136 valence electrons. The van der Waals surface area contributed by atoms with Gasteiger partial charge in [0, 0.05) is 6.07 Å². The molecule has 0 aliphatic carbocycles. The van der Waals surface area contributed by atoms with Crippen molar-refractivity contribution in [2.45, 2.75) is 11.8 Å². The van der Waals surface area contributed by atoms with Crippen molar-refractivity contribution < 1.29 is 18.1 Å². The summed E-state index contributed by atoms with van der Waals surface area (Å²) < 4.78 is 29.1. The smallest absolute Gasteiger partial charge is 0.294 e. The highest BCUT2D eigenvalue weighted by Crippen LogP contribution is 2.34. The molecule has 9 nitrogen and oxygen atoms in total. The number of nitro groups is 1. The van der Waals surface area contributed by atoms with Crippen LogP contribution in [0, 0.1) is 10.1 Å². The number of aromatic nitrogens is 1. The Morgan fingerprint density at radius 3 is 2.73 bits per heavy atom. The summed E-state index contributed by atoms with van der Waals surface area (Å²) in [5, 5.41) is 19.6. The van der Waals surface area contributed by atoms with E-state index in [1.165, 1.54) is 23.5 Å². The quantitative estimate of drug-likeness (QED) is 0.484. The number of ether oxygens (including phenoxy) is 1. The lowest BCUT2D eigenvalue weighted by Gasteiger charge is -2.05. The molecule has 3 aromatic rings. The Balaban J connectivity index is 1.97. The summed E-state index contributed by atoms with van der Waals surface area (Å²) in [6, 6.07) is 8.82. The van der Waals surface area contributed by atoms with Crippen LogP contribution >= 0.6 is 11.3 Å². The monoisotopic (exact) mass is 394 g/mol. The number of nitrogens with zero attached hydrogens (tertiary/aromatic N) is 2. The summed E-state index contributed by atoms with van der Waals surface area (Å²) in [6.07, 6.45) is 0. The number of nitro benzene ring substituents is 1. The zero-order chi connectivity index (χ0) is 18.9. The third-order valence-electron chi connectivity index (χ3n) is 3.41. The van der Waals surface area contributed by atoms with Gasteiger partial charge < -0.3 is 10.1 Å². The van der Waals surface area contributed by atoms with Gasteiger partial charge in [-0.2, -0.15) is 0 Å². The van der Waals surface area contributed by atoms with Crippen LogP contribution in [0.3, 0.4) is 0 Å². The highest BCUT2D eigenvalue weighted by Gasteiger charge is 2.20. The summed E-state index contributed by atoms with van der Waals surface area (Å²) in [4.78, 5) is 14.6. The van der Waals surface area contributed by atoms with E-state index in [1.807, 2.05) is 13.0 Å². The zero-order valence-corrected chi connectivity index (χ0v) is 15.1. The van der Waals surface area contributed by atoms with Gasteiger partial charge in [0.15, 0.2) is 5.13 Å². The molecule has 0 spiro atoms. The minimum Gasteiger partial charge on any atom is -0.494 e. The Kier molecular flexibility index (Phi) is 4.76. The lowest BCUT2D eigenvalue weighted by atomic mass is 10.2. The summed E-state index contributed by atoms with van der Waals surface area (Å²) >= 11 is 1.29. The molecule has 1 heterocycles. The van der Waals surface area contributed by atoms with E-state index in [2.05, 4.69) is 10.3 Å². The largest absolute Gasteiger partial charge is 0.494 e. The van der Waals surface area contributed by atoms with Gasteiger partial charge in [-0.05, 0) is 37.3 Å². The van der Waals surface area contributed by atoms with Gasteiger partial charge >= 0.3 is 0 Å². The summed E-state index contributed by atoms with van der Waals surface area (Å²) in [5.74, 6) is 0.707. The molecule has 0 amide bonds. The standard InChI is InChI=1S/C15H14N4O5S2/c1-2-24-9-3-5-12-14(7-9)25-15(18-12)17-11-6-4-10(26(16,22)23)8-13(11)19(20)21/h3-8H,2H2,1H3,(H,17,18)(H2,16,22,23). The van der Waals surface area contributed by atoms with Crippen LogP contribution in [0.2, 0.25) is 0 Å². The number of rotatable bonds is 6. The van der Waals surface area contributed by atoms with E-state index in [0.717, 1.165) is 10.8 Å². The number of anilines is 2. The summed E-state index contributed by atoms with van der Waals surface area (Å²) in [6.45, 7) is 2.42. The molecule has 0 atom stereocenters. The van der Waals surface area contributed by atoms with Gasteiger partial charge in [0.05, 0.1) is 26.6 Å². The molecule has 0 aliphatic rings. The van der Waals surface area contributed by atoms with Crippen LogP contribution in [0.15, 0.2) is 41.3 Å². The normalized spacial score (nSPS) is 11.5. The van der Waals surface area contributed by atoms with Crippen molar-refractivity contribution in [1.82, 2.24) is 4.98 Å². The van der Waals surface area contributed by atoms with E-state index in [0.29, 0.717) is 23.0 Å². The fraction of sp³-hybridized carbons (Fsp3) is 0.133. The highest BCUT2D eigenvalue weighted by atomic mass is 32.2. The topological polar surface area (TPSA) is 137 Å². The highest BCUT2D eigenvalue weighted by molar-refractivity contribution is 7.89. The van der Waals surface area contributed by atoms with E-state index in [9.17, 15) is 18.5 Å². The second-order valence-corrected chi connectivity index (χ2v) is 7.78. The lowest BCUT2D eigenvalue weighted by Crippen LogP contribution is -2.12. The Morgan fingerprint density at radius 2 is 2.08 bits per heavy atom. The number of hydrogen-bond donors (Lipinski definition) is 2. The fourth-order valence-corrected chi connectivity index (χ4v) is 3.72. The summed E-state index contributed by atoms with van der Waals surface area (Å²) in [7, 11) is -4.04. The van der Waals surface area contributed by atoms with Crippen molar-refractivity contribution in [3.8, 4) is 5.75 Å². The third-order valence-corrected chi connectivity index (χ3v) is 5.25. The van der Waals surface area contributed by atoms with Crippen molar-refractivity contribution in [3.63, 3.8) is 0 Å². The number of nitrogens with one attached hydrogen (secondary N) is 1. The zero-order valence-electron chi connectivity index (χ0n) is 13.5. The lowest BCUT2D eigenvalue weighted by molar-refractivity contribution is -0.384. The van der Waals surface area contributed by atoms with E-state index in [1.54, 1.807) is 12.1 Å². The average Bonchev–Trinajstić information content (AvgIpc) is 2.95. The molecular weight excluding hydrogens is 380 g/mol. The first kappa shape index (κ1) is 18.0. The molecule has 1 aromatic heterocycles. The van der Waals surface area contributed by atoms with Crippen LogP contribution in [-0.4, -0.2) is 24.9 Å². The first-order valence-electron chi connectivity index (χ1n) is 7.39. The molecule has 0 saturated heterocycles. The molecule has 0 aliphatic heterocycles. The van der Waals surface area contributed by atoms with Gasteiger partial charge in [-0.1, -0.05) is 11.3 Å². The van der Waals surface area contributed by atoms with Crippen molar-refractivity contribution in [3.05, 3.63) is 46.5 Å². The van der Waals surface area contributed by atoms with Crippen LogP contribution in [0.4, 0.5) is 16.5 Å². The third kappa shape index (κ3) is 3.74. The maximum absolute atomic E-state index is 11.4. The second kappa shape index (κ2) is 6.86. The Hall–Kier alpha value is -2.76. The number of nitrogens with two attached hydrogens (primary N) is 1. The Bertz CT molecular complexity index is 1090. The molecule has 11 heteroatoms. The number of thiazole rings is 1. The van der Waals surface area contributed by atoms with Gasteiger partial charge in [-0.25, -0.2) is 18.5 Å². The molecule has 3 N–H and O–H groups in total. The maximum Gasteiger partial charge on any atom is 0.294 e. The second-order valence-electron chi connectivity index (χ2n) is 5.19. The van der Waals surface area contributed by atoms with E-state index in [-0.39, 0.29) is 10.6 Å². The molecule has 2 aromatic carbocycles. The number of hydrogen-bond acceptors (Lipinski definition) is 8. The SMILES string of the molecule is CCOc1ccc2nc(Nc3ccc(S(N)(=O)=O)cc3[N+](=O)[O-])sc2c1. The van der Waals surface area contributed by atoms with Crippen LogP contribution in [-0.2, 0) is 10.0 Å². The van der Waals surface area contributed by atoms with Gasteiger partial charge in [-0.15, -0.1) is 0 Å². The number of sulfonamides is 1. The minimum atomic E-state index is -4.04. The first-order valence-corrected chi connectivity index (χ1v) is 9.76. The van der Waals surface area contributed by atoms with Gasteiger partial charge in [-0.3, -0.25) is 10.1 Å². The molecule has 0 bridgehead atoms. The first-order chi connectivity index (χ1) is 12.3. The van der Waals surface area contributed by atoms with E-state index < -0.39 is 20.6 Å². The number of primary sulfonamides is 1. The van der Waals surface area contributed by atoms with E-state index >= 15 is 0 Å². The van der Waals surface area contributed by atoms with Crippen LogP contribution in [0.5, 0.6) is 5.75 Å². The van der Waals surface area contributed by atoms with Crippen LogP contribution < -0.4 is 15.2 Å². The molecule has 0 fully saturated rings. The maximum atomic E-state index is 11.4. The van der Waals surface area contributed by atoms with Crippen LogP contribution in [0.25, 0.3) is 10.2 Å². The molecular formula is C15H14N4O5S2.